The highest BCUT2D eigenvalue weighted by Crippen LogP contribution is 2.27. The molecule has 0 bridgehead atoms. The van der Waals surface area contributed by atoms with Crippen LogP contribution in [0.5, 0.6) is 0 Å². The third kappa shape index (κ3) is 9.29. The molecule has 1 atom stereocenters. The van der Waals surface area contributed by atoms with E-state index in [9.17, 15) is 0 Å². The van der Waals surface area contributed by atoms with Gasteiger partial charge < -0.3 is 14.7 Å². The zero-order chi connectivity index (χ0) is 17.2. The van der Waals surface area contributed by atoms with Gasteiger partial charge in [0.2, 0.25) is 0 Å². The van der Waals surface area contributed by atoms with E-state index in [1.165, 1.54) is 70.4 Å². The predicted octanol–water partition coefficient (Wildman–Crippen LogP) is -0.757. The summed E-state index contributed by atoms with van der Waals surface area (Å²) in [6.07, 6.45) is 9.04. The lowest BCUT2D eigenvalue weighted by atomic mass is 9.85. The summed E-state index contributed by atoms with van der Waals surface area (Å²) < 4.78 is 0. The van der Waals surface area contributed by atoms with Gasteiger partial charge in [0.25, 0.3) is 0 Å². The fourth-order valence-electron chi connectivity index (χ4n) is 3.50. The largest absolute Gasteiger partial charge is 0.340 e. The van der Waals surface area contributed by atoms with Crippen molar-refractivity contribution >= 4 is 0 Å². The zero-order valence-electron chi connectivity index (χ0n) is 16.4. The van der Waals surface area contributed by atoms with E-state index in [4.69, 9.17) is 0 Å². The molecule has 0 heterocycles. The molecule has 1 rings (SSSR count). The van der Waals surface area contributed by atoms with Crippen molar-refractivity contribution < 1.29 is 14.7 Å². The molecule has 0 radical (unpaired) electrons. The molecule has 134 valence electrons. The van der Waals surface area contributed by atoms with Crippen LogP contribution in [0.4, 0.5) is 0 Å². The fraction of sp³-hybridized carbons (Fsp3) is 0.800. The van der Waals surface area contributed by atoms with Gasteiger partial charge in [-0.3, -0.25) is 0 Å². The average molecular weight is 325 g/mol. The summed E-state index contributed by atoms with van der Waals surface area (Å²) >= 11 is 0. The van der Waals surface area contributed by atoms with Crippen molar-refractivity contribution in [3.63, 3.8) is 0 Å². The van der Waals surface area contributed by atoms with Crippen LogP contribution in [0.25, 0.3) is 0 Å². The smallest absolute Gasteiger partial charge is 0.0987 e. The lowest BCUT2D eigenvalue weighted by Crippen LogP contribution is -3.14. The monoisotopic (exact) mass is 324 g/mol. The molecular weight excluding hydrogens is 282 g/mol. The SMILES string of the molecule is C=C(C)[C@H]1CC=C(C[NH+](CCC[NH+](C)C)CCC[NH+](C)C)CC1. The highest BCUT2D eigenvalue weighted by molar-refractivity contribution is 5.12. The van der Waals surface area contributed by atoms with Crippen LogP contribution in [0.2, 0.25) is 0 Å². The quantitative estimate of drug-likeness (QED) is 0.414. The summed E-state index contributed by atoms with van der Waals surface area (Å²) in [7, 11) is 9.04. The Bertz CT molecular complexity index is 357. The van der Waals surface area contributed by atoms with E-state index in [-0.39, 0.29) is 0 Å². The second kappa shape index (κ2) is 11.0. The molecule has 0 aromatic rings. The molecule has 0 saturated heterocycles. The van der Waals surface area contributed by atoms with Gasteiger partial charge in [-0.2, -0.15) is 0 Å². The molecule has 0 saturated carbocycles. The Hall–Kier alpha value is -0.640. The molecule has 3 nitrogen and oxygen atoms in total. The maximum atomic E-state index is 4.14. The molecule has 3 heteroatoms. The van der Waals surface area contributed by atoms with E-state index in [1.54, 1.807) is 20.3 Å². The van der Waals surface area contributed by atoms with Gasteiger partial charge in [0.05, 0.1) is 60.9 Å². The van der Waals surface area contributed by atoms with Crippen molar-refractivity contribution in [3.05, 3.63) is 23.8 Å². The van der Waals surface area contributed by atoms with Gasteiger partial charge in [0.1, 0.15) is 0 Å². The van der Waals surface area contributed by atoms with Crippen LogP contribution < -0.4 is 14.7 Å². The summed E-state index contributed by atoms with van der Waals surface area (Å²) in [6.45, 7) is 12.8. The summed E-state index contributed by atoms with van der Waals surface area (Å²) in [4.78, 5) is 4.94. The summed E-state index contributed by atoms with van der Waals surface area (Å²) in [6, 6.07) is 0. The summed E-state index contributed by atoms with van der Waals surface area (Å²) in [5, 5.41) is 0. The number of rotatable bonds is 11. The standard InChI is InChI=1S/C20H39N3/c1-18(2)20-11-9-19(10-12-20)17-23(15-7-13-21(3)4)16-8-14-22(5)6/h9,20H,1,7-8,10-17H2,2-6H3/p+3/t20-/m0/s1. The van der Waals surface area contributed by atoms with Crippen LogP contribution in [0.15, 0.2) is 23.8 Å². The molecule has 3 N–H and O–H groups in total. The van der Waals surface area contributed by atoms with E-state index in [0.29, 0.717) is 0 Å². The van der Waals surface area contributed by atoms with Gasteiger partial charge in [0.15, 0.2) is 0 Å². The van der Waals surface area contributed by atoms with Gasteiger partial charge in [-0.1, -0.05) is 18.2 Å². The second-order valence-electron chi connectivity index (χ2n) is 8.23. The van der Waals surface area contributed by atoms with Gasteiger partial charge in [-0.25, -0.2) is 0 Å². The summed E-state index contributed by atoms with van der Waals surface area (Å²) in [5.74, 6) is 0.733. The van der Waals surface area contributed by atoms with Crippen LogP contribution >= 0.6 is 0 Å². The molecule has 1 aliphatic carbocycles. The maximum absolute atomic E-state index is 4.14. The molecule has 0 aromatic carbocycles. The Morgan fingerprint density at radius 3 is 2.00 bits per heavy atom. The predicted molar refractivity (Wildman–Crippen MR) is 100 cm³/mol. The van der Waals surface area contributed by atoms with Crippen molar-refractivity contribution in [2.24, 2.45) is 5.92 Å². The van der Waals surface area contributed by atoms with Gasteiger partial charge in [-0.15, -0.1) is 0 Å². The van der Waals surface area contributed by atoms with Crippen LogP contribution in [0.1, 0.15) is 39.0 Å². The Balaban J connectivity index is 2.45. The Morgan fingerprint density at radius 1 is 1.04 bits per heavy atom. The third-order valence-electron chi connectivity index (χ3n) is 5.09. The van der Waals surface area contributed by atoms with Crippen molar-refractivity contribution in [2.75, 3.05) is 60.9 Å². The first-order valence-corrected chi connectivity index (χ1v) is 9.63. The molecule has 0 aromatic heterocycles. The second-order valence-corrected chi connectivity index (χ2v) is 8.23. The molecule has 23 heavy (non-hydrogen) atoms. The maximum Gasteiger partial charge on any atom is 0.0987 e. The van der Waals surface area contributed by atoms with E-state index < -0.39 is 0 Å². The minimum atomic E-state index is 0.733. The molecule has 0 spiro atoms. The van der Waals surface area contributed by atoms with Gasteiger partial charge >= 0.3 is 0 Å². The molecule has 0 fully saturated rings. The molecular formula is C20H42N3+3. The Morgan fingerprint density at radius 2 is 1.61 bits per heavy atom. The number of hydrogen-bond donors (Lipinski definition) is 3. The van der Waals surface area contributed by atoms with Gasteiger partial charge in [0, 0.05) is 12.8 Å². The first-order valence-electron chi connectivity index (χ1n) is 9.63. The molecule has 0 amide bonds. The summed E-state index contributed by atoms with van der Waals surface area (Å²) in [5.41, 5.74) is 3.07. The van der Waals surface area contributed by atoms with E-state index in [0.717, 1.165) is 5.92 Å². The lowest BCUT2D eigenvalue weighted by Gasteiger charge is -2.26. The molecule has 0 aliphatic heterocycles. The number of quaternary nitrogens is 3. The minimum absolute atomic E-state index is 0.733. The van der Waals surface area contributed by atoms with Crippen LogP contribution in [-0.4, -0.2) is 60.9 Å². The zero-order valence-corrected chi connectivity index (χ0v) is 16.4. The normalized spacial score (nSPS) is 18.8. The number of allylic oxidation sites excluding steroid dienone is 2. The topological polar surface area (TPSA) is 13.3 Å². The average Bonchev–Trinajstić information content (AvgIpc) is 2.46. The Labute approximate surface area is 145 Å². The van der Waals surface area contributed by atoms with Gasteiger partial charge in [-0.05, 0) is 37.7 Å². The van der Waals surface area contributed by atoms with Crippen molar-refractivity contribution in [3.8, 4) is 0 Å². The van der Waals surface area contributed by atoms with E-state index >= 15 is 0 Å². The lowest BCUT2D eigenvalue weighted by molar-refractivity contribution is -0.910. The first-order chi connectivity index (χ1) is 10.9. The third-order valence-corrected chi connectivity index (χ3v) is 5.09. The highest BCUT2D eigenvalue weighted by Gasteiger charge is 2.18. The van der Waals surface area contributed by atoms with Crippen LogP contribution in [0, 0.1) is 5.92 Å². The fourth-order valence-corrected chi connectivity index (χ4v) is 3.50. The minimum Gasteiger partial charge on any atom is -0.340 e. The number of hydrogen-bond acceptors (Lipinski definition) is 0. The number of nitrogens with one attached hydrogen (secondary N) is 3. The van der Waals surface area contributed by atoms with Crippen molar-refractivity contribution in [1.29, 1.82) is 0 Å². The molecule has 0 unspecified atom stereocenters. The van der Waals surface area contributed by atoms with E-state index in [1.807, 2.05) is 0 Å². The van der Waals surface area contributed by atoms with Crippen molar-refractivity contribution in [2.45, 2.75) is 39.0 Å². The van der Waals surface area contributed by atoms with Crippen LogP contribution in [-0.2, 0) is 0 Å². The van der Waals surface area contributed by atoms with E-state index in [2.05, 4.69) is 47.8 Å². The van der Waals surface area contributed by atoms with Crippen molar-refractivity contribution in [1.82, 2.24) is 0 Å². The highest BCUT2D eigenvalue weighted by atomic mass is 15.1. The molecule has 1 aliphatic rings. The first kappa shape index (κ1) is 20.4. The van der Waals surface area contributed by atoms with Crippen LogP contribution in [0.3, 0.4) is 0 Å². The Kier molecular flexibility index (Phi) is 9.77.